The van der Waals surface area contributed by atoms with Crippen LogP contribution in [0.1, 0.15) is 0 Å². The molecule has 2 N–H and O–H groups in total. The van der Waals surface area contributed by atoms with Crippen LogP contribution in [-0.4, -0.2) is 39.7 Å². The predicted octanol–water partition coefficient (Wildman–Crippen LogP) is 3.20. The summed E-state index contributed by atoms with van der Waals surface area (Å²) < 4.78 is 1.46. The van der Waals surface area contributed by atoms with Gasteiger partial charge in [0.25, 0.3) is 0 Å². The average Bonchev–Trinajstić information content (AvgIpc) is 2.83. The molecule has 1 atom stereocenters. The van der Waals surface area contributed by atoms with Gasteiger partial charge in [0.2, 0.25) is 0 Å². The summed E-state index contributed by atoms with van der Waals surface area (Å²) in [5.41, 5.74) is 0.591. The molecule has 1 aromatic rings. The van der Waals surface area contributed by atoms with Crippen LogP contribution in [0.15, 0.2) is 27.1 Å². The first kappa shape index (κ1) is 14.7. The van der Waals surface area contributed by atoms with Crippen LogP contribution in [0, 0.1) is 0 Å². The lowest BCUT2D eigenvalue weighted by molar-refractivity contribution is -0.140. The second kappa shape index (κ2) is 6.15. The first-order chi connectivity index (χ1) is 9.00. The van der Waals surface area contributed by atoms with Gasteiger partial charge in [-0.1, -0.05) is 6.07 Å². The van der Waals surface area contributed by atoms with E-state index in [4.69, 9.17) is 5.11 Å². The topological polar surface area (TPSA) is 69.6 Å². The number of amides is 2. The lowest BCUT2D eigenvalue weighted by Crippen LogP contribution is -2.44. The molecule has 0 saturated carbocycles. The third-order valence-corrected chi connectivity index (χ3v) is 4.96. The monoisotopic (exact) mass is 408 g/mol. The van der Waals surface area contributed by atoms with E-state index < -0.39 is 18.0 Å². The highest BCUT2D eigenvalue weighted by molar-refractivity contribution is 9.11. The summed E-state index contributed by atoms with van der Waals surface area (Å²) in [6.45, 7) is 0. The van der Waals surface area contributed by atoms with Crippen molar-refractivity contribution in [2.45, 2.75) is 6.04 Å². The number of nitrogens with zero attached hydrogens (tertiary/aromatic N) is 1. The summed E-state index contributed by atoms with van der Waals surface area (Å²) in [4.78, 5) is 24.5. The van der Waals surface area contributed by atoms with Crippen LogP contribution >= 0.6 is 43.6 Å². The molecule has 0 aromatic heterocycles. The van der Waals surface area contributed by atoms with E-state index in [1.165, 1.54) is 16.7 Å². The Morgan fingerprint density at radius 1 is 1.37 bits per heavy atom. The quantitative estimate of drug-likeness (QED) is 0.786. The zero-order valence-electron chi connectivity index (χ0n) is 9.60. The minimum atomic E-state index is -0.980. The minimum absolute atomic E-state index is 0.380. The van der Waals surface area contributed by atoms with Crippen LogP contribution < -0.4 is 5.32 Å². The average molecular weight is 410 g/mol. The van der Waals surface area contributed by atoms with Crippen molar-refractivity contribution in [2.75, 3.05) is 16.9 Å². The molecule has 0 bridgehead atoms. The highest BCUT2D eigenvalue weighted by atomic mass is 79.9. The summed E-state index contributed by atoms with van der Waals surface area (Å²) in [6, 6.07) is 4.24. The molecule has 1 saturated heterocycles. The Morgan fingerprint density at radius 2 is 2.00 bits per heavy atom. The van der Waals surface area contributed by atoms with Crippen molar-refractivity contribution < 1.29 is 14.7 Å². The molecule has 1 aliphatic rings. The minimum Gasteiger partial charge on any atom is -0.480 e. The van der Waals surface area contributed by atoms with Gasteiger partial charge < -0.3 is 15.3 Å². The Balaban J connectivity index is 2.15. The molecule has 5 nitrogen and oxygen atoms in total. The summed E-state index contributed by atoms with van der Waals surface area (Å²) in [7, 11) is 0. The second-order valence-corrected chi connectivity index (χ2v) is 6.56. The third kappa shape index (κ3) is 3.24. The van der Waals surface area contributed by atoms with Gasteiger partial charge in [-0.05, 0) is 44.0 Å². The fourth-order valence-electron chi connectivity index (χ4n) is 1.64. The van der Waals surface area contributed by atoms with Crippen molar-refractivity contribution in [3.63, 3.8) is 0 Å². The number of urea groups is 1. The normalized spacial score (nSPS) is 18.4. The van der Waals surface area contributed by atoms with Crippen LogP contribution in [0.5, 0.6) is 0 Å². The molecule has 1 fully saturated rings. The predicted molar refractivity (Wildman–Crippen MR) is 81.4 cm³/mol. The highest BCUT2D eigenvalue weighted by Crippen LogP contribution is 2.31. The van der Waals surface area contributed by atoms with Gasteiger partial charge in [0, 0.05) is 14.7 Å². The van der Waals surface area contributed by atoms with Crippen molar-refractivity contribution in [3.8, 4) is 0 Å². The van der Waals surface area contributed by atoms with Gasteiger partial charge in [-0.2, -0.15) is 0 Å². The van der Waals surface area contributed by atoms with Crippen LogP contribution in [-0.2, 0) is 4.79 Å². The van der Waals surface area contributed by atoms with Gasteiger partial charge >= 0.3 is 12.0 Å². The first-order valence-electron chi connectivity index (χ1n) is 5.33. The molecule has 0 unspecified atom stereocenters. The first-order valence-corrected chi connectivity index (χ1v) is 8.07. The zero-order valence-corrected chi connectivity index (χ0v) is 13.6. The van der Waals surface area contributed by atoms with Gasteiger partial charge in [0.05, 0.1) is 11.6 Å². The molecule has 0 spiro atoms. The van der Waals surface area contributed by atoms with E-state index in [1.54, 1.807) is 12.1 Å². The number of aliphatic carboxylic acids is 1. The van der Waals surface area contributed by atoms with Crippen LogP contribution in [0.25, 0.3) is 0 Å². The number of benzene rings is 1. The van der Waals surface area contributed by atoms with E-state index in [0.717, 1.165) is 8.95 Å². The van der Waals surface area contributed by atoms with Gasteiger partial charge in [-0.3, -0.25) is 0 Å². The number of rotatable bonds is 2. The zero-order chi connectivity index (χ0) is 14.0. The number of para-hydroxylation sites is 1. The number of halogens is 2. The largest absolute Gasteiger partial charge is 0.480 e. The molecule has 19 heavy (non-hydrogen) atoms. The lowest BCUT2D eigenvalue weighted by Gasteiger charge is -2.21. The van der Waals surface area contributed by atoms with Crippen LogP contribution in [0.4, 0.5) is 10.5 Å². The second-order valence-electron chi connectivity index (χ2n) is 3.85. The van der Waals surface area contributed by atoms with E-state index in [9.17, 15) is 9.59 Å². The van der Waals surface area contributed by atoms with Crippen LogP contribution in [0.3, 0.4) is 0 Å². The van der Waals surface area contributed by atoms with Crippen molar-refractivity contribution in [1.82, 2.24) is 4.90 Å². The maximum atomic E-state index is 12.1. The molecule has 102 valence electrons. The van der Waals surface area contributed by atoms with E-state index in [-0.39, 0.29) is 0 Å². The number of carboxylic acids is 1. The Bertz CT molecular complexity index is 506. The Hall–Kier alpha value is -0.730. The number of anilines is 1. The van der Waals surface area contributed by atoms with E-state index in [0.29, 0.717) is 17.3 Å². The smallest absolute Gasteiger partial charge is 0.327 e. The van der Waals surface area contributed by atoms with E-state index >= 15 is 0 Å². The molecule has 0 radical (unpaired) electrons. The molecule has 8 heteroatoms. The number of carboxylic acid groups (broad SMARTS) is 1. The number of hydrogen-bond donors (Lipinski definition) is 2. The summed E-state index contributed by atoms with van der Waals surface area (Å²) in [5.74, 6) is -0.184. The maximum absolute atomic E-state index is 12.1. The maximum Gasteiger partial charge on any atom is 0.327 e. The molecular formula is C11H10Br2N2O3S. The molecule has 1 heterocycles. The lowest BCUT2D eigenvalue weighted by atomic mass is 10.3. The van der Waals surface area contributed by atoms with E-state index in [1.807, 2.05) is 6.07 Å². The molecule has 2 rings (SSSR count). The van der Waals surface area contributed by atoms with Gasteiger partial charge in [0.15, 0.2) is 0 Å². The summed E-state index contributed by atoms with van der Waals surface area (Å²) in [6.07, 6.45) is 0. The van der Waals surface area contributed by atoms with Crippen molar-refractivity contribution in [1.29, 1.82) is 0 Å². The van der Waals surface area contributed by atoms with Gasteiger partial charge in [-0.15, -0.1) is 11.8 Å². The van der Waals surface area contributed by atoms with Crippen molar-refractivity contribution in [2.24, 2.45) is 0 Å². The number of nitrogens with one attached hydrogen (secondary N) is 1. The van der Waals surface area contributed by atoms with Gasteiger partial charge in [-0.25, -0.2) is 9.59 Å². The Morgan fingerprint density at radius 3 is 2.58 bits per heavy atom. The fourth-order valence-corrected chi connectivity index (χ4v) is 3.99. The van der Waals surface area contributed by atoms with E-state index in [2.05, 4.69) is 37.2 Å². The summed E-state index contributed by atoms with van der Waals surface area (Å²) in [5, 5.41) is 11.8. The molecule has 2 amide bonds. The van der Waals surface area contributed by atoms with Crippen LogP contribution in [0.2, 0.25) is 0 Å². The number of carbonyl (C=O) groups excluding carboxylic acids is 1. The standard InChI is InChI=1S/C11H10Br2N2O3S/c12-6-2-1-3-7(13)9(6)14-11(18)15-5-19-4-8(15)10(16)17/h1-3,8H,4-5H2,(H,14,18)(H,16,17)/t8-/m0/s1. The number of carbonyl (C=O) groups is 2. The summed E-state index contributed by atoms with van der Waals surface area (Å²) >= 11 is 8.11. The Labute approximate surface area is 131 Å². The SMILES string of the molecule is O=C(O)[C@@H]1CSCN1C(=O)Nc1c(Br)cccc1Br. The third-order valence-electron chi connectivity index (χ3n) is 2.62. The molecule has 1 aliphatic heterocycles. The highest BCUT2D eigenvalue weighted by Gasteiger charge is 2.34. The number of thioether (sulfide) groups is 1. The fraction of sp³-hybridized carbons (Fsp3) is 0.273. The van der Waals surface area contributed by atoms with Crippen molar-refractivity contribution in [3.05, 3.63) is 27.1 Å². The molecule has 0 aliphatic carbocycles. The Kier molecular flexibility index (Phi) is 4.75. The van der Waals surface area contributed by atoms with Gasteiger partial charge in [0.1, 0.15) is 6.04 Å². The molecule has 1 aromatic carbocycles. The molecular weight excluding hydrogens is 400 g/mol. The van der Waals surface area contributed by atoms with Crippen molar-refractivity contribution >= 4 is 61.3 Å². The number of hydrogen-bond acceptors (Lipinski definition) is 3.